The smallest absolute Gasteiger partial charge is 0.277 e. The summed E-state index contributed by atoms with van der Waals surface area (Å²) in [6, 6.07) is 16.4. The Morgan fingerprint density at radius 2 is 1.90 bits per heavy atom. The predicted octanol–water partition coefficient (Wildman–Crippen LogP) is 5.40. The number of methoxy groups -OCH3 is 1. The van der Waals surface area contributed by atoms with Crippen molar-refractivity contribution in [3.63, 3.8) is 0 Å². The van der Waals surface area contributed by atoms with Gasteiger partial charge < -0.3 is 14.8 Å². The lowest BCUT2D eigenvalue weighted by atomic mass is 10.1. The highest BCUT2D eigenvalue weighted by Gasteiger charge is 2.19. The van der Waals surface area contributed by atoms with Crippen molar-refractivity contribution in [2.24, 2.45) is 0 Å². The zero-order valence-electron chi connectivity index (χ0n) is 16.3. The topological polar surface area (TPSA) is 90.7 Å². The molecule has 0 aliphatic carbocycles. The molecule has 0 heterocycles. The van der Waals surface area contributed by atoms with E-state index in [1.54, 1.807) is 49.6 Å². The van der Waals surface area contributed by atoms with Crippen LogP contribution in [0.25, 0.3) is 0 Å². The summed E-state index contributed by atoms with van der Waals surface area (Å²) >= 11 is 6.12. The van der Waals surface area contributed by atoms with Gasteiger partial charge in [-0.25, -0.2) is 0 Å². The van der Waals surface area contributed by atoms with E-state index in [2.05, 4.69) is 5.32 Å². The van der Waals surface area contributed by atoms with Crippen molar-refractivity contribution >= 4 is 28.9 Å². The maximum Gasteiger partial charge on any atom is 0.277 e. The molecule has 0 aromatic heterocycles. The number of benzene rings is 3. The highest BCUT2D eigenvalue weighted by molar-refractivity contribution is 6.31. The number of nitrogens with zero attached hydrogens (tertiary/aromatic N) is 1. The Morgan fingerprint density at radius 3 is 2.60 bits per heavy atom. The van der Waals surface area contributed by atoms with E-state index in [9.17, 15) is 14.9 Å². The van der Waals surface area contributed by atoms with Gasteiger partial charge in [0.2, 0.25) is 0 Å². The number of amides is 1. The maximum absolute atomic E-state index is 12.8. The summed E-state index contributed by atoms with van der Waals surface area (Å²) in [7, 11) is 1.57. The highest BCUT2D eigenvalue weighted by atomic mass is 35.5. The number of anilines is 1. The number of halogens is 1. The van der Waals surface area contributed by atoms with E-state index < -0.39 is 4.92 Å². The summed E-state index contributed by atoms with van der Waals surface area (Å²) in [4.78, 5) is 23.6. The number of carbonyl (C=O) groups excluding carboxylic acids is 1. The molecule has 0 spiro atoms. The average Bonchev–Trinajstić information content (AvgIpc) is 2.74. The van der Waals surface area contributed by atoms with Gasteiger partial charge in [0.15, 0.2) is 0 Å². The van der Waals surface area contributed by atoms with Crippen LogP contribution in [0.15, 0.2) is 60.7 Å². The second kappa shape index (κ2) is 9.28. The number of aryl methyl sites for hydroxylation is 1. The summed E-state index contributed by atoms with van der Waals surface area (Å²) in [5.74, 6) is 0.610. The van der Waals surface area contributed by atoms with Crippen molar-refractivity contribution in [2.45, 2.75) is 13.5 Å². The minimum absolute atomic E-state index is 0.140. The van der Waals surface area contributed by atoms with Crippen molar-refractivity contribution in [3.8, 4) is 11.5 Å². The van der Waals surface area contributed by atoms with E-state index in [0.717, 1.165) is 5.56 Å². The van der Waals surface area contributed by atoms with Crippen molar-refractivity contribution in [1.29, 1.82) is 0 Å². The zero-order chi connectivity index (χ0) is 21.7. The van der Waals surface area contributed by atoms with Crippen LogP contribution >= 0.6 is 11.6 Å². The lowest BCUT2D eigenvalue weighted by Gasteiger charge is -2.14. The molecule has 1 amide bonds. The number of hydrogen-bond donors (Lipinski definition) is 1. The number of ether oxygens (including phenoxy) is 2. The van der Waals surface area contributed by atoms with E-state index in [1.807, 2.05) is 13.0 Å². The van der Waals surface area contributed by atoms with Crippen LogP contribution in [0.5, 0.6) is 11.5 Å². The molecular weight excluding hydrogens is 408 g/mol. The van der Waals surface area contributed by atoms with Crippen LogP contribution in [-0.4, -0.2) is 17.9 Å². The SMILES string of the molecule is COc1ccc(NC(=O)c2ccccc2OCc2c(Cl)cccc2[N+](=O)[O-])c(C)c1. The van der Waals surface area contributed by atoms with Crippen LogP contribution in [0.1, 0.15) is 21.5 Å². The molecule has 0 atom stereocenters. The first kappa shape index (κ1) is 21.1. The molecule has 0 radical (unpaired) electrons. The van der Waals surface area contributed by atoms with Crippen LogP contribution in [0.4, 0.5) is 11.4 Å². The molecule has 7 nitrogen and oxygen atoms in total. The number of rotatable bonds is 7. The van der Waals surface area contributed by atoms with Crippen LogP contribution in [-0.2, 0) is 6.61 Å². The molecule has 0 aliphatic heterocycles. The Balaban J connectivity index is 1.82. The second-order valence-corrected chi connectivity index (χ2v) is 6.82. The summed E-state index contributed by atoms with van der Waals surface area (Å²) in [6.07, 6.45) is 0. The first-order valence-electron chi connectivity index (χ1n) is 9.00. The molecule has 3 aromatic carbocycles. The predicted molar refractivity (Wildman–Crippen MR) is 115 cm³/mol. The number of carbonyl (C=O) groups is 1. The fourth-order valence-corrected chi connectivity index (χ4v) is 3.11. The summed E-state index contributed by atoms with van der Waals surface area (Å²) in [5, 5.41) is 14.3. The lowest BCUT2D eigenvalue weighted by Crippen LogP contribution is -2.14. The standard InChI is InChI=1S/C22H19ClN2O5/c1-14-12-15(29-2)10-11-19(14)24-22(26)16-6-3-4-9-21(16)30-13-17-18(23)7-5-8-20(17)25(27)28/h3-12H,13H2,1-2H3,(H,24,26). The van der Waals surface area contributed by atoms with E-state index in [-0.39, 0.29) is 34.5 Å². The summed E-state index contributed by atoms with van der Waals surface area (Å²) < 4.78 is 10.9. The van der Waals surface area contributed by atoms with Gasteiger partial charge >= 0.3 is 0 Å². The highest BCUT2D eigenvalue weighted by Crippen LogP contribution is 2.29. The largest absolute Gasteiger partial charge is 0.497 e. The van der Waals surface area contributed by atoms with Crippen molar-refractivity contribution in [3.05, 3.63) is 92.5 Å². The van der Waals surface area contributed by atoms with Gasteiger partial charge in [-0.15, -0.1) is 0 Å². The van der Waals surface area contributed by atoms with Gasteiger partial charge in [-0.1, -0.05) is 29.8 Å². The molecule has 0 saturated heterocycles. The van der Waals surface area contributed by atoms with Crippen LogP contribution in [0.2, 0.25) is 5.02 Å². The molecule has 3 aromatic rings. The molecule has 0 aliphatic rings. The van der Waals surface area contributed by atoms with Crippen LogP contribution in [0, 0.1) is 17.0 Å². The van der Waals surface area contributed by atoms with Gasteiger partial charge in [-0.3, -0.25) is 14.9 Å². The Bertz CT molecular complexity index is 1100. The number of nitro benzene ring substituents is 1. The Hall–Kier alpha value is -3.58. The lowest BCUT2D eigenvalue weighted by molar-refractivity contribution is -0.385. The molecule has 0 unspecified atom stereocenters. The summed E-state index contributed by atoms with van der Waals surface area (Å²) in [6.45, 7) is 1.71. The van der Waals surface area contributed by atoms with Gasteiger partial charge in [0.25, 0.3) is 11.6 Å². The van der Waals surface area contributed by atoms with Crippen molar-refractivity contribution in [2.75, 3.05) is 12.4 Å². The van der Waals surface area contributed by atoms with E-state index in [1.165, 1.54) is 12.1 Å². The van der Waals surface area contributed by atoms with Gasteiger partial charge in [0, 0.05) is 11.8 Å². The monoisotopic (exact) mass is 426 g/mol. The van der Waals surface area contributed by atoms with Gasteiger partial charge in [-0.05, 0) is 48.9 Å². The number of nitro groups is 1. The van der Waals surface area contributed by atoms with E-state index >= 15 is 0 Å². The van der Waals surface area contributed by atoms with Crippen LogP contribution in [0.3, 0.4) is 0 Å². The Labute approximate surface area is 178 Å². The Kier molecular flexibility index (Phi) is 6.54. The summed E-state index contributed by atoms with van der Waals surface area (Å²) in [5.41, 5.74) is 1.87. The molecule has 1 N–H and O–H groups in total. The molecule has 8 heteroatoms. The Morgan fingerprint density at radius 1 is 1.13 bits per heavy atom. The number of hydrogen-bond acceptors (Lipinski definition) is 5. The number of nitrogens with one attached hydrogen (secondary N) is 1. The third-order valence-electron chi connectivity index (χ3n) is 4.48. The molecule has 30 heavy (non-hydrogen) atoms. The van der Waals surface area contributed by atoms with E-state index in [0.29, 0.717) is 17.0 Å². The molecule has 0 saturated carbocycles. The van der Waals surface area contributed by atoms with E-state index in [4.69, 9.17) is 21.1 Å². The third kappa shape index (κ3) is 4.69. The van der Waals surface area contributed by atoms with Crippen molar-refractivity contribution < 1.29 is 19.2 Å². The number of para-hydroxylation sites is 1. The fraction of sp³-hybridized carbons (Fsp3) is 0.136. The first-order valence-corrected chi connectivity index (χ1v) is 9.38. The first-order chi connectivity index (χ1) is 14.4. The average molecular weight is 427 g/mol. The second-order valence-electron chi connectivity index (χ2n) is 6.41. The quantitative estimate of drug-likeness (QED) is 0.403. The van der Waals surface area contributed by atoms with Gasteiger partial charge in [0.1, 0.15) is 18.1 Å². The van der Waals surface area contributed by atoms with Gasteiger partial charge in [0.05, 0.1) is 28.2 Å². The molecule has 3 rings (SSSR count). The maximum atomic E-state index is 12.8. The minimum atomic E-state index is -0.518. The van der Waals surface area contributed by atoms with Crippen LogP contribution < -0.4 is 14.8 Å². The molecule has 0 bridgehead atoms. The zero-order valence-corrected chi connectivity index (χ0v) is 17.1. The minimum Gasteiger partial charge on any atom is -0.497 e. The van der Waals surface area contributed by atoms with Crippen molar-refractivity contribution in [1.82, 2.24) is 0 Å². The van der Waals surface area contributed by atoms with Gasteiger partial charge in [-0.2, -0.15) is 0 Å². The third-order valence-corrected chi connectivity index (χ3v) is 4.83. The molecular formula is C22H19ClN2O5. The molecule has 154 valence electrons. The fourth-order valence-electron chi connectivity index (χ4n) is 2.88. The normalized spacial score (nSPS) is 10.4. The molecule has 0 fully saturated rings.